The number of thiazole rings is 1. The summed E-state index contributed by atoms with van der Waals surface area (Å²) in [5, 5.41) is 11.1. The van der Waals surface area contributed by atoms with Crippen LogP contribution in [0.25, 0.3) is 0 Å². The summed E-state index contributed by atoms with van der Waals surface area (Å²) in [5.41, 5.74) is 0.884. The van der Waals surface area contributed by atoms with E-state index in [-0.39, 0.29) is 16.4 Å². The highest BCUT2D eigenvalue weighted by molar-refractivity contribution is 7.93. The molecule has 22 heavy (non-hydrogen) atoms. The molecule has 0 fully saturated rings. The van der Waals surface area contributed by atoms with Crippen molar-refractivity contribution in [2.24, 2.45) is 0 Å². The van der Waals surface area contributed by atoms with Crippen molar-refractivity contribution in [3.8, 4) is 0 Å². The van der Waals surface area contributed by atoms with E-state index < -0.39 is 16.0 Å². The fourth-order valence-electron chi connectivity index (χ4n) is 1.82. The van der Waals surface area contributed by atoms with Gasteiger partial charge in [0.05, 0.1) is 10.6 Å². The fraction of sp³-hybridized carbons (Fsp3) is 0.231. The number of carboxylic acids is 1. The molecule has 9 heteroatoms. The van der Waals surface area contributed by atoms with Crippen molar-refractivity contribution >= 4 is 44.1 Å². The molecule has 2 rings (SSSR count). The van der Waals surface area contributed by atoms with E-state index in [0.29, 0.717) is 21.2 Å². The third-order valence-electron chi connectivity index (χ3n) is 2.93. The Morgan fingerprint density at radius 3 is 2.73 bits per heavy atom. The van der Waals surface area contributed by atoms with Gasteiger partial charge in [0, 0.05) is 22.3 Å². The van der Waals surface area contributed by atoms with Gasteiger partial charge in [-0.15, -0.1) is 11.3 Å². The maximum atomic E-state index is 12.4. The van der Waals surface area contributed by atoms with Crippen molar-refractivity contribution in [3.05, 3.63) is 39.4 Å². The third kappa shape index (κ3) is 3.57. The number of aryl methyl sites for hydroxylation is 1. The largest absolute Gasteiger partial charge is 0.550 e. The van der Waals surface area contributed by atoms with Crippen LogP contribution in [0.1, 0.15) is 16.1 Å². The molecular weight excluding hydrogens is 348 g/mol. The van der Waals surface area contributed by atoms with Gasteiger partial charge >= 0.3 is 0 Å². The van der Waals surface area contributed by atoms with E-state index in [1.165, 1.54) is 6.07 Å². The minimum absolute atomic E-state index is 0.0503. The lowest BCUT2D eigenvalue weighted by molar-refractivity contribution is -0.304. The van der Waals surface area contributed by atoms with Crippen LogP contribution in [-0.4, -0.2) is 19.4 Å². The molecule has 1 aromatic carbocycles. The molecule has 0 aliphatic carbocycles. The molecule has 0 radical (unpaired) electrons. The van der Waals surface area contributed by atoms with E-state index in [1.807, 2.05) is 0 Å². The summed E-state index contributed by atoms with van der Waals surface area (Å²) in [6.07, 6.45) is -0.304. The number of sulfonamides is 1. The van der Waals surface area contributed by atoms with Gasteiger partial charge in [-0.3, -0.25) is 4.72 Å². The highest BCUT2D eigenvalue weighted by Crippen LogP contribution is 2.28. The number of hydrogen-bond acceptors (Lipinski definition) is 6. The van der Waals surface area contributed by atoms with Crippen LogP contribution < -0.4 is 9.83 Å². The van der Waals surface area contributed by atoms with Gasteiger partial charge in [0.2, 0.25) is 0 Å². The van der Waals surface area contributed by atoms with Crippen LogP contribution in [0.3, 0.4) is 0 Å². The summed E-state index contributed by atoms with van der Waals surface area (Å²) in [5.74, 6) is -1.24. The number of carboxylic acid groups (broad SMARTS) is 1. The maximum Gasteiger partial charge on any atom is 0.263 e. The van der Waals surface area contributed by atoms with Gasteiger partial charge in [-0.1, -0.05) is 17.7 Å². The van der Waals surface area contributed by atoms with Gasteiger partial charge in [0.1, 0.15) is 0 Å². The molecule has 0 bridgehead atoms. The molecule has 0 saturated carbocycles. The monoisotopic (exact) mass is 359 g/mol. The Kier molecular flexibility index (Phi) is 4.74. The molecule has 1 aromatic heterocycles. The number of hydrogen-bond donors (Lipinski definition) is 1. The molecule has 1 heterocycles. The lowest BCUT2D eigenvalue weighted by Crippen LogP contribution is -2.24. The zero-order valence-corrected chi connectivity index (χ0v) is 14.1. The first-order chi connectivity index (χ1) is 10.2. The summed E-state index contributed by atoms with van der Waals surface area (Å²) in [6.45, 7) is 3.21. The van der Waals surface area contributed by atoms with Gasteiger partial charge in [0.25, 0.3) is 10.0 Å². The fourth-order valence-corrected chi connectivity index (χ4v) is 4.50. The van der Waals surface area contributed by atoms with Gasteiger partial charge in [-0.2, -0.15) is 0 Å². The molecule has 0 amide bonds. The quantitative estimate of drug-likeness (QED) is 0.872. The minimum atomic E-state index is -3.85. The number of nitrogens with one attached hydrogen (secondary N) is 1. The zero-order chi connectivity index (χ0) is 16.5. The Balaban J connectivity index is 2.33. The Morgan fingerprint density at radius 1 is 1.41 bits per heavy atom. The van der Waals surface area contributed by atoms with Gasteiger partial charge in [-0.25, -0.2) is 13.4 Å². The number of benzene rings is 1. The predicted octanol–water partition coefficient (Wildman–Crippen LogP) is 1.51. The van der Waals surface area contributed by atoms with Crippen LogP contribution in [0, 0.1) is 13.8 Å². The van der Waals surface area contributed by atoms with Crippen LogP contribution in [0.2, 0.25) is 5.02 Å². The highest BCUT2D eigenvalue weighted by Gasteiger charge is 2.20. The van der Waals surface area contributed by atoms with Crippen LogP contribution in [0.5, 0.6) is 0 Å². The van der Waals surface area contributed by atoms with Gasteiger partial charge in [0.15, 0.2) is 5.13 Å². The zero-order valence-electron chi connectivity index (χ0n) is 11.7. The molecule has 0 saturated heterocycles. The van der Waals surface area contributed by atoms with Crippen molar-refractivity contribution in [2.45, 2.75) is 25.2 Å². The number of rotatable bonds is 5. The number of carbonyl (C=O) groups is 1. The van der Waals surface area contributed by atoms with Gasteiger partial charge in [-0.05, 0) is 31.5 Å². The van der Waals surface area contributed by atoms with E-state index in [2.05, 4.69) is 9.71 Å². The average molecular weight is 360 g/mol. The molecule has 6 nitrogen and oxygen atoms in total. The van der Waals surface area contributed by atoms with E-state index in [9.17, 15) is 18.3 Å². The second-order valence-electron chi connectivity index (χ2n) is 4.54. The van der Waals surface area contributed by atoms with Crippen LogP contribution in [0.4, 0.5) is 5.13 Å². The second-order valence-corrected chi connectivity index (χ2v) is 7.69. The minimum Gasteiger partial charge on any atom is -0.550 e. The number of nitrogens with zero attached hydrogens (tertiary/aromatic N) is 1. The van der Waals surface area contributed by atoms with Crippen LogP contribution >= 0.6 is 22.9 Å². The molecule has 1 N–H and O–H groups in total. The van der Waals surface area contributed by atoms with Gasteiger partial charge < -0.3 is 9.90 Å². The lowest BCUT2D eigenvalue weighted by Gasteiger charge is -2.09. The first-order valence-electron chi connectivity index (χ1n) is 6.15. The number of carbonyl (C=O) groups excluding carboxylic acids is 1. The normalized spacial score (nSPS) is 11.4. The molecule has 2 aromatic rings. The van der Waals surface area contributed by atoms with E-state index in [0.717, 1.165) is 11.3 Å². The molecule has 118 valence electrons. The summed E-state index contributed by atoms with van der Waals surface area (Å²) in [6, 6.07) is 4.58. The van der Waals surface area contributed by atoms with Crippen molar-refractivity contribution < 1.29 is 18.3 Å². The molecular formula is C13H12ClN2O4S2-. The van der Waals surface area contributed by atoms with Crippen LogP contribution in [0.15, 0.2) is 23.1 Å². The number of halogens is 1. The standard InChI is InChI=1S/C13H13ClN2O4S2/c1-7-9(14)4-3-5-11(7)22(19,20)16-13-15-8(2)10(21-13)6-12(17)18/h3-5H,6H2,1-2H3,(H,15,16)(H,17,18)/p-1. The number of aromatic nitrogens is 1. The molecule has 0 unspecified atom stereocenters. The van der Waals surface area contributed by atoms with E-state index >= 15 is 0 Å². The third-order valence-corrected chi connectivity index (χ3v) is 6.02. The maximum absolute atomic E-state index is 12.4. The molecule has 0 atom stereocenters. The summed E-state index contributed by atoms with van der Waals surface area (Å²) >= 11 is 6.90. The van der Waals surface area contributed by atoms with Crippen molar-refractivity contribution in [1.82, 2.24) is 4.98 Å². The summed E-state index contributed by atoms with van der Waals surface area (Å²) in [7, 11) is -3.85. The van der Waals surface area contributed by atoms with Crippen LogP contribution in [-0.2, 0) is 21.2 Å². The average Bonchev–Trinajstić information content (AvgIpc) is 2.71. The van der Waals surface area contributed by atoms with Crippen molar-refractivity contribution in [1.29, 1.82) is 0 Å². The molecule has 0 aliphatic rings. The van der Waals surface area contributed by atoms with E-state index in [4.69, 9.17) is 11.6 Å². The Morgan fingerprint density at radius 2 is 2.09 bits per heavy atom. The highest BCUT2D eigenvalue weighted by atomic mass is 35.5. The SMILES string of the molecule is Cc1nc(NS(=O)(=O)c2cccc(Cl)c2C)sc1CC(=O)[O-]. The summed E-state index contributed by atoms with van der Waals surface area (Å²) in [4.78, 5) is 15.2. The second kappa shape index (κ2) is 6.23. The Bertz CT molecular complexity index is 831. The molecule has 0 spiro atoms. The summed E-state index contributed by atoms with van der Waals surface area (Å²) < 4.78 is 27.1. The topological polar surface area (TPSA) is 99.2 Å². The first-order valence-corrected chi connectivity index (χ1v) is 8.82. The Labute approximate surface area is 136 Å². The smallest absolute Gasteiger partial charge is 0.263 e. The van der Waals surface area contributed by atoms with Crippen molar-refractivity contribution in [3.63, 3.8) is 0 Å². The predicted molar refractivity (Wildman–Crippen MR) is 82.6 cm³/mol. The lowest BCUT2D eigenvalue weighted by atomic mass is 10.2. The Hall–Kier alpha value is -1.64. The number of anilines is 1. The van der Waals surface area contributed by atoms with Crippen molar-refractivity contribution in [2.75, 3.05) is 4.72 Å². The molecule has 0 aliphatic heterocycles. The van der Waals surface area contributed by atoms with E-state index in [1.54, 1.807) is 26.0 Å². The number of aliphatic carboxylic acids is 1. The first kappa shape index (κ1) is 16.7.